The third-order valence-corrected chi connectivity index (χ3v) is 4.30. The third kappa shape index (κ3) is 3.62. The average molecular weight is 370 g/mol. The first kappa shape index (κ1) is 18.4. The number of fused-ring (bicyclic) bond motifs is 1. The normalized spacial score (nSPS) is 10.5. The molecule has 0 fully saturated rings. The smallest absolute Gasteiger partial charge is 0.253 e. The van der Waals surface area contributed by atoms with E-state index >= 15 is 0 Å². The van der Waals surface area contributed by atoms with Crippen molar-refractivity contribution in [1.29, 1.82) is 0 Å². The number of pyridine rings is 1. The maximum absolute atomic E-state index is 12.5. The molecule has 0 bridgehead atoms. The number of ether oxygens (including phenoxy) is 4. The van der Waals surface area contributed by atoms with Gasteiger partial charge in [-0.3, -0.25) is 4.79 Å². The Morgan fingerprint density at radius 3 is 2.19 bits per heavy atom. The van der Waals surface area contributed by atoms with Gasteiger partial charge in [-0.15, -0.1) is 0 Å². The molecule has 0 spiro atoms. The molecule has 0 unspecified atom stereocenters. The van der Waals surface area contributed by atoms with Gasteiger partial charge in [0, 0.05) is 29.2 Å². The minimum Gasteiger partial charge on any atom is -0.497 e. The molecule has 0 atom stereocenters. The van der Waals surface area contributed by atoms with Crippen LogP contribution in [0.15, 0.2) is 41.2 Å². The van der Waals surface area contributed by atoms with Gasteiger partial charge in [0.25, 0.3) is 5.56 Å². The van der Waals surface area contributed by atoms with E-state index in [1.807, 2.05) is 24.3 Å². The van der Waals surface area contributed by atoms with Crippen molar-refractivity contribution in [2.75, 3.05) is 33.8 Å². The fourth-order valence-electron chi connectivity index (χ4n) is 2.91. The number of hydrogen-bond donors (Lipinski definition) is 2. The van der Waals surface area contributed by atoms with Gasteiger partial charge in [0.15, 0.2) is 11.5 Å². The summed E-state index contributed by atoms with van der Waals surface area (Å²) in [5.74, 6) is 2.25. The lowest BCUT2D eigenvalue weighted by atomic mass is 10.1. The van der Waals surface area contributed by atoms with Gasteiger partial charge in [-0.2, -0.15) is 0 Å². The van der Waals surface area contributed by atoms with Crippen LogP contribution in [0.1, 0.15) is 5.56 Å². The largest absolute Gasteiger partial charge is 0.497 e. The molecule has 0 saturated carbocycles. The standard InChI is InChI=1S/C20H22N2O5/c1-24-14-7-5-13(6-8-14)21-11-12-9-15-16(22-20(12)23)10-17(25-2)19(27-4)18(15)26-3/h5-10,21H,11H2,1-4H3,(H,22,23). The molecular formula is C20H22N2O5. The highest BCUT2D eigenvalue weighted by Gasteiger charge is 2.17. The van der Waals surface area contributed by atoms with Gasteiger partial charge in [0.1, 0.15) is 5.75 Å². The molecule has 142 valence electrons. The summed E-state index contributed by atoms with van der Waals surface area (Å²) >= 11 is 0. The van der Waals surface area contributed by atoms with E-state index in [2.05, 4.69) is 10.3 Å². The van der Waals surface area contributed by atoms with Crippen LogP contribution in [0.2, 0.25) is 0 Å². The second-order valence-corrected chi connectivity index (χ2v) is 5.81. The van der Waals surface area contributed by atoms with Gasteiger partial charge in [-0.1, -0.05) is 0 Å². The maximum atomic E-state index is 12.5. The number of anilines is 1. The van der Waals surface area contributed by atoms with Crippen molar-refractivity contribution in [3.8, 4) is 23.0 Å². The second-order valence-electron chi connectivity index (χ2n) is 5.81. The number of hydrogen-bond acceptors (Lipinski definition) is 6. The van der Waals surface area contributed by atoms with Crippen LogP contribution in [0.25, 0.3) is 10.9 Å². The Balaban J connectivity index is 1.98. The first-order chi connectivity index (χ1) is 13.1. The number of aromatic amines is 1. The number of H-pyrrole nitrogens is 1. The van der Waals surface area contributed by atoms with Crippen LogP contribution in [0.3, 0.4) is 0 Å². The molecule has 2 aromatic carbocycles. The van der Waals surface area contributed by atoms with Crippen LogP contribution in [0, 0.1) is 0 Å². The van der Waals surface area contributed by atoms with Crippen LogP contribution >= 0.6 is 0 Å². The zero-order valence-electron chi connectivity index (χ0n) is 15.7. The molecule has 1 heterocycles. The second kappa shape index (κ2) is 7.90. The minimum absolute atomic E-state index is 0.183. The zero-order chi connectivity index (χ0) is 19.4. The van der Waals surface area contributed by atoms with Crippen molar-refractivity contribution in [3.05, 3.63) is 52.3 Å². The Morgan fingerprint density at radius 1 is 0.889 bits per heavy atom. The third-order valence-electron chi connectivity index (χ3n) is 4.30. The van der Waals surface area contributed by atoms with Crippen LogP contribution < -0.4 is 29.8 Å². The van der Waals surface area contributed by atoms with Crippen molar-refractivity contribution in [1.82, 2.24) is 4.98 Å². The molecule has 1 aromatic heterocycles. The Morgan fingerprint density at radius 2 is 1.59 bits per heavy atom. The number of aromatic nitrogens is 1. The van der Waals surface area contributed by atoms with Gasteiger partial charge < -0.3 is 29.2 Å². The van der Waals surface area contributed by atoms with Gasteiger partial charge >= 0.3 is 0 Å². The summed E-state index contributed by atoms with van der Waals surface area (Å²) in [5.41, 5.74) is 1.89. The fourth-order valence-corrected chi connectivity index (χ4v) is 2.91. The molecule has 3 rings (SSSR count). The summed E-state index contributed by atoms with van der Waals surface area (Å²) in [5, 5.41) is 3.97. The molecule has 0 aliphatic heterocycles. The van der Waals surface area contributed by atoms with E-state index in [9.17, 15) is 4.79 Å². The van der Waals surface area contributed by atoms with E-state index in [1.54, 1.807) is 33.5 Å². The summed E-state index contributed by atoms with van der Waals surface area (Å²) in [4.78, 5) is 15.4. The highest BCUT2D eigenvalue weighted by atomic mass is 16.5. The van der Waals surface area contributed by atoms with Crippen molar-refractivity contribution in [2.45, 2.75) is 6.54 Å². The predicted molar refractivity (Wildman–Crippen MR) is 105 cm³/mol. The molecule has 0 radical (unpaired) electrons. The van der Waals surface area contributed by atoms with Crippen molar-refractivity contribution in [2.24, 2.45) is 0 Å². The Hall–Kier alpha value is -3.35. The maximum Gasteiger partial charge on any atom is 0.253 e. The average Bonchev–Trinajstić information content (AvgIpc) is 2.71. The summed E-state index contributed by atoms with van der Waals surface area (Å²) in [6, 6.07) is 11.0. The first-order valence-corrected chi connectivity index (χ1v) is 8.34. The number of methoxy groups -OCH3 is 4. The van der Waals surface area contributed by atoms with Crippen LogP contribution in [-0.4, -0.2) is 33.4 Å². The zero-order valence-corrected chi connectivity index (χ0v) is 15.7. The van der Waals surface area contributed by atoms with Crippen LogP contribution in [-0.2, 0) is 6.54 Å². The topological polar surface area (TPSA) is 81.8 Å². The molecule has 0 saturated heterocycles. The number of rotatable bonds is 7. The summed E-state index contributed by atoms with van der Waals surface area (Å²) in [6.07, 6.45) is 0. The molecular weight excluding hydrogens is 348 g/mol. The Labute approximate surface area is 156 Å². The Kier molecular flexibility index (Phi) is 5.40. The highest BCUT2D eigenvalue weighted by molar-refractivity contribution is 5.90. The highest BCUT2D eigenvalue weighted by Crippen LogP contribution is 2.42. The van der Waals surface area contributed by atoms with Gasteiger partial charge in [0.05, 0.1) is 34.0 Å². The van der Waals surface area contributed by atoms with E-state index in [4.69, 9.17) is 18.9 Å². The molecule has 3 aromatic rings. The van der Waals surface area contributed by atoms with Crippen molar-refractivity contribution >= 4 is 16.6 Å². The molecule has 0 amide bonds. The lowest BCUT2D eigenvalue weighted by Gasteiger charge is -2.15. The SMILES string of the molecule is COc1ccc(NCc2cc3c(OC)c(OC)c(OC)cc3[nH]c2=O)cc1. The summed E-state index contributed by atoms with van der Waals surface area (Å²) in [7, 11) is 6.25. The molecule has 7 nitrogen and oxygen atoms in total. The van der Waals surface area contributed by atoms with E-state index in [0.29, 0.717) is 34.9 Å². The quantitative estimate of drug-likeness (QED) is 0.665. The number of benzene rings is 2. The summed E-state index contributed by atoms with van der Waals surface area (Å²) in [6.45, 7) is 0.356. The lowest BCUT2D eigenvalue weighted by molar-refractivity contribution is 0.327. The van der Waals surface area contributed by atoms with E-state index < -0.39 is 0 Å². The molecule has 0 aliphatic rings. The lowest BCUT2D eigenvalue weighted by Crippen LogP contribution is -2.16. The first-order valence-electron chi connectivity index (χ1n) is 8.34. The molecule has 27 heavy (non-hydrogen) atoms. The number of nitrogens with one attached hydrogen (secondary N) is 2. The molecule has 7 heteroatoms. The van der Waals surface area contributed by atoms with Crippen molar-refractivity contribution < 1.29 is 18.9 Å². The van der Waals surface area contributed by atoms with Crippen molar-refractivity contribution in [3.63, 3.8) is 0 Å². The van der Waals surface area contributed by atoms with Crippen LogP contribution in [0.4, 0.5) is 5.69 Å². The molecule has 2 N–H and O–H groups in total. The minimum atomic E-state index is -0.183. The predicted octanol–water partition coefficient (Wildman–Crippen LogP) is 3.17. The van der Waals surface area contributed by atoms with Gasteiger partial charge in [0.2, 0.25) is 5.75 Å². The van der Waals surface area contributed by atoms with Crippen LogP contribution in [0.5, 0.6) is 23.0 Å². The Bertz CT molecular complexity index is 996. The van der Waals surface area contributed by atoms with E-state index in [1.165, 1.54) is 7.11 Å². The fraction of sp³-hybridized carbons (Fsp3) is 0.250. The van der Waals surface area contributed by atoms with E-state index in [-0.39, 0.29) is 5.56 Å². The molecule has 0 aliphatic carbocycles. The summed E-state index contributed by atoms with van der Waals surface area (Å²) < 4.78 is 21.4. The monoisotopic (exact) mass is 370 g/mol. The van der Waals surface area contributed by atoms with Gasteiger partial charge in [-0.25, -0.2) is 0 Å². The van der Waals surface area contributed by atoms with E-state index in [0.717, 1.165) is 16.8 Å². The van der Waals surface area contributed by atoms with Gasteiger partial charge in [-0.05, 0) is 30.3 Å².